The minimum Gasteiger partial charge on any atom is -0.476 e. The molecule has 0 aliphatic rings. The predicted octanol–water partition coefficient (Wildman–Crippen LogP) is 3.73. The van der Waals surface area contributed by atoms with Crippen molar-refractivity contribution >= 4 is 46.7 Å². The van der Waals surface area contributed by atoms with Crippen LogP contribution in [0.5, 0.6) is 0 Å². The third-order valence-corrected chi connectivity index (χ3v) is 4.96. The molecule has 4 aromatic heterocycles. The second-order valence-corrected chi connectivity index (χ2v) is 7.23. The molecule has 0 bridgehead atoms. The Bertz CT molecular complexity index is 1420. The molecule has 34 heavy (non-hydrogen) atoms. The first-order valence-electron chi connectivity index (χ1n) is 9.01. The number of carboxylic acid groups (broad SMARTS) is 2. The molecule has 0 amide bonds. The highest BCUT2D eigenvalue weighted by molar-refractivity contribution is 6.42. The number of aromatic amines is 1. The van der Waals surface area contributed by atoms with E-state index in [0.717, 1.165) is 0 Å². The monoisotopic (exact) mass is 520 g/mol. The molecular weight excluding hydrogens is 511 g/mol. The van der Waals surface area contributed by atoms with Crippen LogP contribution in [0.15, 0.2) is 53.6 Å². The average molecular weight is 522 g/mol. The summed E-state index contributed by atoms with van der Waals surface area (Å²) in [5.41, 5.74) is -0.750. The maximum absolute atomic E-state index is 11.4. The van der Waals surface area contributed by atoms with Gasteiger partial charge in [-0.15, -0.1) is 0 Å². The normalized spacial score (nSPS) is 10.2. The average Bonchev–Trinajstić information content (AvgIpc) is 2.83. The van der Waals surface area contributed by atoms with Crippen molar-refractivity contribution in [1.82, 2.24) is 29.9 Å². The fraction of sp³-hybridized carbons (Fsp3) is 0. The summed E-state index contributed by atoms with van der Waals surface area (Å²) in [6.07, 6.45) is 3.05. The Balaban J connectivity index is 0.000000191. The number of nitrogens with one attached hydrogen (secondary N) is 1. The third kappa shape index (κ3) is 5.70. The van der Waals surface area contributed by atoms with Gasteiger partial charge in [-0.2, -0.15) is 0 Å². The SMILES string of the molecule is O=C(O)c1nc(-c2ccccn2)[nH]c(=O)c1Cl.O=C(O)c1nc(-c2ccccn2)nc(Cl)c1Cl. The number of hydrogen-bond acceptors (Lipinski definition) is 8. The predicted molar refractivity (Wildman–Crippen MR) is 122 cm³/mol. The number of H-pyrrole nitrogens is 1. The number of aromatic nitrogens is 6. The van der Waals surface area contributed by atoms with Crippen molar-refractivity contribution in [2.75, 3.05) is 0 Å². The molecule has 0 spiro atoms. The summed E-state index contributed by atoms with van der Waals surface area (Å²) in [6.45, 7) is 0. The van der Waals surface area contributed by atoms with Crippen LogP contribution in [0.2, 0.25) is 15.2 Å². The molecule has 0 aliphatic heterocycles. The molecule has 0 saturated carbocycles. The van der Waals surface area contributed by atoms with Crippen LogP contribution >= 0.6 is 34.8 Å². The Morgan fingerprint density at radius 3 is 1.85 bits per heavy atom. The summed E-state index contributed by atoms with van der Waals surface area (Å²) < 4.78 is 0. The number of carboxylic acids is 2. The molecule has 0 saturated heterocycles. The Morgan fingerprint density at radius 1 is 0.765 bits per heavy atom. The van der Waals surface area contributed by atoms with E-state index in [-0.39, 0.29) is 27.5 Å². The van der Waals surface area contributed by atoms with Crippen LogP contribution in [-0.4, -0.2) is 52.1 Å². The fourth-order valence-corrected chi connectivity index (χ4v) is 2.90. The van der Waals surface area contributed by atoms with Crippen LogP contribution in [0.25, 0.3) is 23.0 Å². The van der Waals surface area contributed by atoms with Gasteiger partial charge in [0, 0.05) is 12.4 Å². The highest BCUT2D eigenvalue weighted by Gasteiger charge is 2.18. The number of rotatable bonds is 4. The molecule has 11 nitrogen and oxygen atoms in total. The first-order chi connectivity index (χ1) is 16.2. The van der Waals surface area contributed by atoms with Crippen LogP contribution in [-0.2, 0) is 0 Å². The van der Waals surface area contributed by atoms with Gasteiger partial charge in [0.1, 0.15) is 21.4 Å². The van der Waals surface area contributed by atoms with E-state index in [1.54, 1.807) is 42.6 Å². The van der Waals surface area contributed by atoms with Gasteiger partial charge in [-0.3, -0.25) is 14.8 Å². The summed E-state index contributed by atoms with van der Waals surface area (Å²) in [4.78, 5) is 54.9. The zero-order chi connectivity index (χ0) is 24.8. The number of hydrogen-bond donors (Lipinski definition) is 3. The van der Waals surface area contributed by atoms with E-state index in [0.29, 0.717) is 11.4 Å². The maximum atomic E-state index is 11.4. The van der Waals surface area contributed by atoms with Crippen molar-refractivity contribution in [2.45, 2.75) is 0 Å². The number of carbonyl (C=O) groups is 2. The van der Waals surface area contributed by atoms with Crippen LogP contribution < -0.4 is 5.56 Å². The van der Waals surface area contributed by atoms with Gasteiger partial charge in [0.15, 0.2) is 28.2 Å². The summed E-state index contributed by atoms with van der Waals surface area (Å²) >= 11 is 17.0. The lowest BCUT2D eigenvalue weighted by Crippen LogP contribution is -2.16. The van der Waals surface area contributed by atoms with E-state index in [1.807, 2.05) is 0 Å². The van der Waals surface area contributed by atoms with Crippen molar-refractivity contribution in [3.05, 3.63) is 85.7 Å². The van der Waals surface area contributed by atoms with Crippen molar-refractivity contribution in [1.29, 1.82) is 0 Å². The summed E-state index contributed by atoms with van der Waals surface area (Å²) in [5.74, 6) is -2.44. The van der Waals surface area contributed by atoms with Gasteiger partial charge in [-0.1, -0.05) is 46.9 Å². The quantitative estimate of drug-likeness (QED) is 0.336. The van der Waals surface area contributed by atoms with Gasteiger partial charge in [0.05, 0.1) is 0 Å². The molecular formula is C20H11Cl3N6O5. The molecule has 172 valence electrons. The van der Waals surface area contributed by atoms with E-state index in [2.05, 4.69) is 29.9 Å². The molecule has 0 radical (unpaired) electrons. The van der Waals surface area contributed by atoms with Crippen LogP contribution in [0.4, 0.5) is 0 Å². The lowest BCUT2D eigenvalue weighted by molar-refractivity contribution is 0.0680. The number of aromatic carboxylic acids is 2. The summed E-state index contributed by atoms with van der Waals surface area (Å²) in [5, 5.41) is 17.0. The van der Waals surface area contributed by atoms with Gasteiger partial charge < -0.3 is 15.2 Å². The largest absolute Gasteiger partial charge is 0.476 e. The number of nitrogens with zero attached hydrogens (tertiary/aromatic N) is 5. The lowest BCUT2D eigenvalue weighted by atomic mass is 10.3. The Morgan fingerprint density at radius 2 is 1.32 bits per heavy atom. The second-order valence-electron chi connectivity index (χ2n) is 6.12. The molecule has 0 atom stereocenters. The minimum absolute atomic E-state index is 0.0670. The van der Waals surface area contributed by atoms with Crippen LogP contribution in [0, 0.1) is 0 Å². The van der Waals surface area contributed by atoms with Gasteiger partial charge in [-0.05, 0) is 24.3 Å². The smallest absolute Gasteiger partial charge is 0.356 e. The molecule has 0 aliphatic carbocycles. The van der Waals surface area contributed by atoms with E-state index in [9.17, 15) is 14.4 Å². The maximum Gasteiger partial charge on any atom is 0.356 e. The molecule has 4 heterocycles. The highest BCUT2D eigenvalue weighted by atomic mass is 35.5. The van der Waals surface area contributed by atoms with Crippen molar-refractivity contribution in [3.63, 3.8) is 0 Å². The Labute approximate surface area is 205 Å². The van der Waals surface area contributed by atoms with Gasteiger partial charge in [-0.25, -0.2) is 24.5 Å². The van der Waals surface area contributed by atoms with Crippen molar-refractivity contribution < 1.29 is 19.8 Å². The van der Waals surface area contributed by atoms with Gasteiger partial charge >= 0.3 is 11.9 Å². The summed E-state index contributed by atoms with van der Waals surface area (Å²) in [7, 11) is 0. The highest BCUT2D eigenvalue weighted by Crippen LogP contribution is 2.25. The van der Waals surface area contributed by atoms with Crippen LogP contribution in [0.3, 0.4) is 0 Å². The molecule has 0 aromatic carbocycles. The first kappa shape index (κ1) is 24.7. The topological polar surface area (TPSA) is 172 Å². The van der Waals surface area contributed by atoms with Gasteiger partial charge in [0.2, 0.25) is 0 Å². The third-order valence-electron chi connectivity index (χ3n) is 3.88. The Hall–Kier alpha value is -3.93. The van der Waals surface area contributed by atoms with Gasteiger partial charge in [0.25, 0.3) is 5.56 Å². The zero-order valence-corrected chi connectivity index (χ0v) is 18.9. The fourth-order valence-electron chi connectivity index (χ4n) is 2.40. The molecule has 4 aromatic rings. The molecule has 0 fully saturated rings. The first-order valence-corrected chi connectivity index (χ1v) is 10.1. The number of halogens is 3. The minimum atomic E-state index is -1.36. The molecule has 3 N–H and O–H groups in total. The van der Waals surface area contributed by atoms with Crippen molar-refractivity contribution in [2.24, 2.45) is 0 Å². The lowest BCUT2D eigenvalue weighted by Gasteiger charge is -2.03. The molecule has 0 unspecified atom stereocenters. The van der Waals surface area contributed by atoms with E-state index < -0.39 is 28.2 Å². The van der Waals surface area contributed by atoms with Crippen molar-refractivity contribution in [3.8, 4) is 23.0 Å². The van der Waals surface area contributed by atoms with E-state index >= 15 is 0 Å². The summed E-state index contributed by atoms with van der Waals surface area (Å²) in [6, 6.07) is 10.1. The van der Waals surface area contributed by atoms with E-state index in [1.165, 1.54) is 6.20 Å². The number of pyridine rings is 2. The molecule has 4 rings (SSSR count). The van der Waals surface area contributed by atoms with Crippen LogP contribution in [0.1, 0.15) is 21.0 Å². The Kier molecular flexibility index (Phi) is 7.84. The van der Waals surface area contributed by atoms with E-state index in [4.69, 9.17) is 45.0 Å². The molecule has 14 heteroatoms. The zero-order valence-electron chi connectivity index (χ0n) is 16.6. The standard InChI is InChI=1S/C10H5Cl2N3O2.C10H6ClN3O3/c11-6-7(10(16)17)14-9(15-8(6)12)5-3-1-2-4-13-5;11-6-7(10(16)17)13-8(14-9(6)15)5-3-1-2-4-12-5/h1-4H,(H,16,17);1-4H,(H,16,17)(H,13,14,15). The second kappa shape index (κ2) is 10.8.